The monoisotopic (exact) mass is 270 g/mol. The molecule has 1 aromatic rings. The van der Waals surface area contributed by atoms with Crippen LogP contribution in [-0.4, -0.2) is 26.9 Å². The highest BCUT2D eigenvalue weighted by Crippen LogP contribution is 2.25. The van der Waals surface area contributed by atoms with Gasteiger partial charge in [-0.3, -0.25) is 4.79 Å². The summed E-state index contributed by atoms with van der Waals surface area (Å²) < 4.78 is 1.23. The summed E-state index contributed by atoms with van der Waals surface area (Å²) in [5.41, 5.74) is 3.55. The fourth-order valence-electron chi connectivity index (χ4n) is 2.37. The van der Waals surface area contributed by atoms with Crippen LogP contribution in [0, 0.1) is 0 Å². The number of anilines is 1. The van der Waals surface area contributed by atoms with Crippen LogP contribution in [0.25, 0.3) is 0 Å². The van der Waals surface area contributed by atoms with Crippen molar-refractivity contribution in [2.24, 2.45) is 7.05 Å². The lowest BCUT2D eigenvalue weighted by molar-refractivity contribution is 0.135. The van der Waals surface area contributed by atoms with Gasteiger partial charge in [-0.2, -0.15) is 5.10 Å². The van der Waals surface area contributed by atoms with Crippen molar-refractivity contribution in [2.75, 3.05) is 5.43 Å². The standard InChI is InChI=1S/C12H19ClN4O/c1-8-5-4-6-9(2)17(8)15-10-7-14-16(3)12(18)11(10)13/h7-9,15H,4-6H2,1-3H3. The second kappa shape index (κ2) is 5.28. The first kappa shape index (κ1) is 13.4. The first-order valence-electron chi connectivity index (χ1n) is 6.27. The molecule has 1 saturated heterocycles. The number of hydrogen-bond donors (Lipinski definition) is 1. The van der Waals surface area contributed by atoms with Gasteiger partial charge in [-0.25, -0.2) is 9.69 Å². The van der Waals surface area contributed by atoms with Crippen molar-refractivity contribution in [1.82, 2.24) is 14.8 Å². The van der Waals surface area contributed by atoms with Crippen molar-refractivity contribution in [3.8, 4) is 0 Å². The van der Waals surface area contributed by atoms with Crippen LogP contribution in [0.4, 0.5) is 5.69 Å². The van der Waals surface area contributed by atoms with Gasteiger partial charge in [-0.15, -0.1) is 0 Å². The van der Waals surface area contributed by atoms with E-state index in [4.69, 9.17) is 11.6 Å². The van der Waals surface area contributed by atoms with Gasteiger partial charge < -0.3 is 5.43 Å². The van der Waals surface area contributed by atoms with Crippen molar-refractivity contribution >= 4 is 17.3 Å². The summed E-state index contributed by atoms with van der Waals surface area (Å²) >= 11 is 6.05. The summed E-state index contributed by atoms with van der Waals surface area (Å²) in [6.07, 6.45) is 5.13. The third kappa shape index (κ3) is 2.52. The third-order valence-corrected chi connectivity index (χ3v) is 3.89. The number of aromatic nitrogens is 2. The molecule has 0 radical (unpaired) electrons. The fraction of sp³-hybridized carbons (Fsp3) is 0.667. The highest BCUT2D eigenvalue weighted by Gasteiger charge is 2.25. The van der Waals surface area contributed by atoms with Gasteiger partial charge in [0.2, 0.25) is 0 Å². The molecule has 0 saturated carbocycles. The molecule has 100 valence electrons. The summed E-state index contributed by atoms with van der Waals surface area (Å²) in [6, 6.07) is 0.850. The number of nitrogens with zero attached hydrogens (tertiary/aromatic N) is 3. The molecule has 2 heterocycles. The van der Waals surface area contributed by atoms with Crippen LogP contribution in [0.5, 0.6) is 0 Å². The van der Waals surface area contributed by atoms with Gasteiger partial charge in [0.25, 0.3) is 5.56 Å². The van der Waals surface area contributed by atoms with Crippen LogP contribution in [-0.2, 0) is 7.05 Å². The molecule has 0 aliphatic carbocycles. The normalized spacial score (nSPS) is 25.1. The smallest absolute Gasteiger partial charge is 0.287 e. The maximum atomic E-state index is 11.7. The Kier molecular flexibility index (Phi) is 3.92. The van der Waals surface area contributed by atoms with E-state index in [-0.39, 0.29) is 10.6 Å². The molecule has 1 aromatic heterocycles. The Balaban J connectivity index is 2.23. The van der Waals surface area contributed by atoms with Crippen molar-refractivity contribution in [3.63, 3.8) is 0 Å². The van der Waals surface area contributed by atoms with Gasteiger partial charge in [0, 0.05) is 19.1 Å². The van der Waals surface area contributed by atoms with Gasteiger partial charge in [-0.1, -0.05) is 18.0 Å². The summed E-state index contributed by atoms with van der Waals surface area (Å²) in [6.45, 7) is 4.34. The van der Waals surface area contributed by atoms with Crippen molar-refractivity contribution < 1.29 is 0 Å². The molecule has 0 aromatic carbocycles. The summed E-state index contributed by atoms with van der Waals surface area (Å²) in [4.78, 5) is 11.7. The Bertz CT molecular complexity index is 477. The van der Waals surface area contributed by atoms with Gasteiger partial charge in [0.15, 0.2) is 0 Å². The fourth-order valence-corrected chi connectivity index (χ4v) is 2.58. The van der Waals surface area contributed by atoms with Crippen molar-refractivity contribution in [2.45, 2.75) is 45.2 Å². The zero-order valence-corrected chi connectivity index (χ0v) is 11.7. The zero-order valence-electron chi connectivity index (χ0n) is 11.0. The number of aryl methyl sites for hydroxylation is 1. The average Bonchev–Trinajstić information content (AvgIpc) is 2.34. The lowest BCUT2D eigenvalue weighted by Gasteiger charge is -2.39. The quantitative estimate of drug-likeness (QED) is 0.893. The zero-order chi connectivity index (χ0) is 13.3. The summed E-state index contributed by atoms with van der Waals surface area (Å²) in [5.74, 6) is 0. The van der Waals surface area contributed by atoms with Gasteiger partial charge in [-0.05, 0) is 26.7 Å². The Morgan fingerprint density at radius 3 is 2.61 bits per heavy atom. The second-order valence-corrected chi connectivity index (χ2v) is 5.33. The minimum Gasteiger partial charge on any atom is -0.315 e. The van der Waals surface area contributed by atoms with E-state index in [0.717, 1.165) is 12.8 Å². The van der Waals surface area contributed by atoms with E-state index in [9.17, 15) is 4.79 Å². The van der Waals surface area contributed by atoms with E-state index < -0.39 is 0 Å². The molecule has 2 rings (SSSR count). The van der Waals surface area contributed by atoms with Gasteiger partial charge in [0.05, 0.1) is 11.9 Å². The Labute approximate surface area is 112 Å². The average molecular weight is 271 g/mol. The molecule has 6 heteroatoms. The van der Waals surface area contributed by atoms with Gasteiger partial charge >= 0.3 is 0 Å². The molecule has 0 spiro atoms. The van der Waals surface area contributed by atoms with Crippen molar-refractivity contribution in [1.29, 1.82) is 0 Å². The topological polar surface area (TPSA) is 50.2 Å². The molecule has 1 aliphatic heterocycles. The lowest BCUT2D eigenvalue weighted by Crippen LogP contribution is -2.47. The summed E-state index contributed by atoms with van der Waals surface area (Å²) in [7, 11) is 1.59. The van der Waals surface area contributed by atoms with Crippen LogP contribution >= 0.6 is 11.6 Å². The molecular formula is C12H19ClN4O. The molecule has 1 aliphatic rings. The predicted molar refractivity (Wildman–Crippen MR) is 72.7 cm³/mol. The number of rotatable bonds is 2. The largest absolute Gasteiger partial charge is 0.315 e. The minimum absolute atomic E-state index is 0.192. The molecule has 0 amide bonds. The number of nitrogens with one attached hydrogen (secondary N) is 1. The van der Waals surface area contributed by atoms with Crippen LogP contribution in [0.15, 0.2) is 11.0 Å². The third-order valence-electron chi connectivity index (χ3n) is 3.52. The van der Waals surface area contributed by atoms with Crippen LogP contribution < -0.4 is 11.0 Å². The molecule has 1 N–H and O–H groups in total. The van der Waals surface area contributed by atoms with Crippen LogP contribution in [0.2, 0.25) is 5.02 Å². The van der Waals surface area contributed by atoms with Crippen LogP contribution in [0.3, 0.4) is 0 Å². The first-order valence-corrected chi connectivity index (χ1v) is 6.65. The molecule has 0 bridgehead atoms. The first-order chi connectivity index (χ1) is 8.50. The molecule has 18 heavy (non-hydrogen) atoms. The SMILES string of the molecule is CC1CCCC(C)N1Nc1cnn(C)c(=O)c1Cl. The lowest BCUT2D eigenvalue weighted by atomic mass is 10.00. The molecule has 2 atom stereocenters. The highest BCUT2D eigenvalue weighted by molar-refractivity contribution is 6.32. The molecule has 1 fully saturated rings. The van der Waals surface area contributed by atoms with E-state index in [2.05, 4.69) is 29.4 Å². The number of hydrazine groups is 1. The Morgan fingerprint density at radius 1 is 1.39 bits per heavy atom. The maximum Gasteiger partial charge on any atom is 0.287 e. The summed E-state index contributed by atoms with van der Waals surface area (Å²) in [5, 5.41) is 6.34. The number of hydrogen-bond acceptors (Lipinski definition) is 4. The maximum absolute atomic E-state index is 11.7. The van der Waals surface area contributed by atoms with Gasteiger partial charge in [0.1, 0.15) is 5.02 Å². The van der Waals surface area contributed by atoms with E-state index in [0.29, 0.717) is 17.8 Å². The van der Waals surface area contributed by atoms with E-state index in [1.54, 1.807) is 13.2 Å². The molecular weight excluding hydrogens is 252 g/mol. The number of halogens is 1. The molecule has 5 nitrogen and oxygen atoms in total. The number of piperidine rings is 1. The predicted octanol–water partition coefficient (Wildman–Crippen LogP) is 2.02. The Morgan fingerprint density at radius 2 is 2.00 bits per heavy atom. The van der Waals surface area contributed by atoms with E-state index in [1.165, 1.54) is 11.1 Å². The minimum atomic E-state index is -0.279. The molecule has 2 unspecified atom stereocenters. The van der Waals surface area contributed by atoms with Crippen LogP contribution in [0.1, 0.15) is 33.1 Å². The van der Waals surface area contributed by atoms with E-state index >= 15 is 0 Å². The Hall–Kier alpha value is -1.07. The van der Waals surface area contributed by atoms with Crippen molar-refractivity contribution in [3.05, 3.63) is 21.6 Å². The highest BCUT2D eigenvalue weighted by atomic mass is 35.5. The van der Waals surface area contributed by atoms with E-state index in [1.807, 2.05) is 0 Å². The second-order valence-electron chi connectivity index (χ2n) is 4.95.